The molecule has 10 nitrogen and oxygen atoms in total. The maximum atomic E-state index is 11.5. The van der Waals surface area contributed by atoms with E-state index in [-0.39, 0.29) is 6.61 Å². The smallest absolute Gasteiger partial charge is 0.303 e. The van der Waals surface area contributed by atoms with Gasteiger partial charge in [-0.1, -0.05) is 0 Å². The normalized spacial score (nSPS) is 28.6. The van der Waals surface area contributed by atoms with Gasteiger partial charge in [0.15, 0.2) is 18.3 Å². The lowest BCUT2D eigenvalue weighted by Crippen LogP contribution is -2.62. The fourth-order valence-electron chi connectivity index (χ4n) is 2.26. The molecule has 0 aromatic heterocycles. The second-order valence-electron chi connectivity index (χ2n) is 5.16. The number of ether oxygens (including phenoxy) is 5. The van der Waals surface area contributed by atoms with Crippen LogP contribution in [0.3, 0.4) is 0 Å². The number of hydrogen-bond acceptors (Lipinski definition) is 10. The van der Waals surface area contributed by atoms with Crippen LogP contribution in [-0.2, 0) is 45.9 Å². The van der Waals surface area contributed by atoms with E-state index in [1.165, 1.54) is 29.9 Å². The Morgan fingerprint density at radius 3 is 1.72 bits per heavy atom. The van der Waals surface area contributed by atoms with E-state index in [0.29, 0.717) is 0 Å². The summed E-state index contributed by atoms with van der Waals surface area (Å²) < 4.78 is 31.1. The molecule has 2 unspecified atom stereocenters. The molecule has 142 valence electrons. The molecular formula is C14H19IO10. The lowest BCUT2D eigenvalue weighted by molar-refractivity contribution is -0.282. The first-order valence-corrected chi connectivity index (χ1v) is 8.11. The molecule has 0 aromatic carbocycles. The van der Waals surface area contributed by atoms with Crippen molar-refractivity contribution in [1.29, 1.82) is 0 Å². The maximum Gasteiger partial charge on any atom is 0.303 e. The highest BCUT2D eigenvalue weighted by Gasteiger charge is 2.52. The van der Waals surface area contributed by atoms with Gasteiger partial charge in [0.1, 0.15) is 35.7 Å². The molecule has 1 aliphatic heterocycles. The lowest BCUT2D eigenvalue weighted by Gasteiger charge is -2.43. The summed E-state index contributed by atoms with van der Waals surface area (Å²) in [5.74, 6) is -2.64. The highest BCUT2D eigenvalue weighted by atomic mass is 127. The first kappa shape index (κ1) is 21.6. The van der Waals surface area contributed by atoms with E-state index in [1.807, 2.05) is 0 Å². The van der Waals surface area contributed by atoms with Crippen LogP contribution in [0.2, 0.25) is 0 Å². The van der Waals surface area contributed by atoms with Crippen molar-refractivity contribution < 1.29 is 45.9 Å². The quantitative estimate of drug-likeness (QED) is 0.304. The number of carbonyl (C=O) groups excluding carboxylic acids is 4. The van der Waals surface area contributed by atoms with Crippen molar-refractivity contribution >= 4 is 46.9 Å². The third-order valence-electron chi connectivity index (χ3n) is 3.04. The van der Waals surface area contributed by atoms with Crippen LogP contribution in [0.25, 0.3) is 0 Å². The number of halogens is 1. The van der Waals surface area contributed by atoms with Gasteiger partial charge in [0.25, 0.3) is 0 Å². The molecule has 1 saturated heterocycles. The van der Waals surface area contributed by atoms with Crippen LogP contribution in [0.15, 0.2) is 0 Å². The van der Waals surface area contributed by atoms with Gasteiger partial charge in [-0.25, -0.2) is 0 Å². The summed E-state index contributed by atoms with van der Waals surface area (Å²) >= 11 is 1.52. The summed E-state index contributed by atoms with van der Waals surface area (Å²) in [7, 11) is 0. The molecule has 0 spiro atoms. The van der Waals surface area contributed by atoms with Crippen LogP contribution in [0.4, 0.5) is 0 Å². The molecule has 0 radical (unpaired) electrons. The predicted molar refractivity (Wildman–Crippen MR) is 87.1 cm³/mol. The van der Waals surface area contributed by atoms with Crippen LogP contribution >= 0.6 is 23.0 Å². The Labute approximate surface area is 158 Å². The summed E-state index contributed by atoms with van der Waals surface area (Å²) in [6, 6.07) is 0. The Morgan fingerprint density at radius 2 is 1.28 bits per heavy atom. The van der Waals surface area contributed by atoms with E-state index in [4.69, 9.17) is 26.8 Å². The third kappa shape index (κ3) is 6.74. The van der Waals surface area contributed by atoms with Crippen molar-refractivity contribution in [2.24, 2.45) is 0 Å². The standard InChI is InChI=1S/C14H19IO10/c1-6(16)20-5-10-11(21-7(2)17)12(22-8(3)18)13(23-9(4)19)14(24-10)25-15/h10-14H,5H2,1-4H3/t10-,11+,12?,13?,14+/m1/s1. The predicted octanol–water partition coefficient (Wildman–Crippen LogP) is 0.436. The van der Waals surface area contributed by atoms with E-state index < -0.39 is 54.6 Å². The van der Waals surface area contributed by atoms with Crippen molar-refractivity contribution in [3.8, 4) is 0 Å². The molecule has 0 saturated carbocycles. The van der Waals surface area contributed by atoms with Gasteiger partial charge in [-0.15, -0.1) is 0 Å². The molecule has 0 bridgehead atoms. The van der Waals surface area contributed by atoms with Crippen molar-refractivity contribution in [3.05, 3.63) is 0 Å². The zero-order valence-corrected chi connectivity index (χ0v) is 16.2. The van der Waals surface area contributed by atoms with Gasteiger partial charge in [0, 0.05) is 27.7 Å². The molecule has 1 fully saturated rings. The summed E-state index contributed by atoms with van der Waals surface area (Å²) in [6.45, 7) is 4.36. The first-order chi connectivity index (χ1) is 11.6. The van der Waals surface area contributed by atoms with Crippen molar-refractivity contribution in [1.82, 2.24) is 0 Å². The number of hydrogen-bond donors (Lipinski definition) is 0. The minimum atomic E-state index is -1.21. The Balaban J connectivity index is 3.18. The van der Waals surface area contributed by atoms with Gasteiger partial charge < -0.3 is 23.7 Å². The van der Waals surface area contributed by atoms with Crippen LogP contribution in [0.1, 0.15) is 27.7 Å². The zero-order chi connectivity index (χ0) is 19.1. The average Bonchev–Trinajstić information content (AvgIpc) is 2.48. The van der Waals surface area contributed by atoms with Crippen molar-refractivity contribution in [2.45, 2.75) is 58.4 Å². The SMILES string of the molecule is CC(=O)OC[C@H]1O[C@@H](OI)C(OC(C)=O)C(OC(C)=O)[C@H]1OC(C)=O. The molecule has 0 aromatic rings. The minimum absolute atomic E-state index is 0.283. The minimum Gasteiger partial charge on any atom is -0.463 e. The second kappa shape index (κ2) is 9.87. The molecule has 0 aliphatic carbocycles. The fraction of sp³-hybridized carbons (Fsp3) is 0.714. The fourth-order valence-corrected chi connectivity index (χ4v) is 2.67. The lowest BCUT2D eigenvalue weighted by atomic mass is 9.98. The van der Waals surface area contributed by atoms with E-state index in [2.05, 4.69) is 0 Å². The Bertz CT molecular complexity index is 522. The Morgan fingerprint density at radius 1 is 0.800 bits per heavy atom. The molecule has 1 rings (SSSR count). The molecular weight excluding hydrogens is 455 g/mol. The van der Waals surface area contributed by atoms with E-state index in [0.717, 1.165) is 20.8 Å². The first-order valence-electron chi connectivity index (χ1n) is 7.23. The molecule has 11 heteroatoms. The summed E-state index contributed by atoms with van der Waals surface area (Å²) in [5, 5.41) is 0. The molecule has 5 atom stereocenters. The zero-order valence-electron chi connectivity index (χ0n) is 14.1. The average molecular weight is 474 g/mol. The van der Waals surface area contributed by atoms with Crippen molar-refractivity contribution in [3.63, 3.8) is 0 Å². The van der Waals surface area contributed by atoms with Gasteiger partial charge in [-0.2, -0.15) is 0 Å². The van der Waals surface area contributed by atoms with Gasteiger partial charge in [0.2, 0.25) is 6.29 Å². The molecule has 1 aliphatic rings. The summed E-state index contributed by atoms with van der Waals surface area (Å²) in [4.78, 5) is 45.4. The highest BCUT2D eigenvalue weighted by molar-refractivity contribution is 14.1. The second-order valence-corrected chi connectivity index (χ2v) is 5.67. The van der Waals surface area contributed by atoms with E-state index >= 15 is 0 Å². The monoisotopic (exact) mass is 474 g/mol. The Hall–Kier alpha value is -1.47. The number of carbonyl (C=O) groups is 4. The summed E-state index contributed by atoms with van der Waals surface area (Å²) in [5.41, 5.74) is 0. The summed E-state index contributed by atoms with van der Waals surface area (Å²) in [6.07, 6.45) is -5.70. The molecule has 0 amide bonds. The maximum absolute atomic E-state index is 11.5. The van der Waals surface area contributed by atoms with Crippen LogP contribution in [0.5, 0.6) is 0 Å². The molecule has 25 heavy (non-hydrogen) atoms. The number of esters is 4. The highest BCUT2D eigenvalue weighted by Crippen LogP contribution is 2.30. The van der Waals surface area contributed by atoms with Gasteiger partial charge in [0.05, 0.1) is 0 Å². The topological polar surface area (TPSA) is 124 Å². The van der Waals surface area contributed by atoms with E-state index in [1.54, 1.807) is 0 Å². The largest absolute Gasteiger partial charge is 0.463 e. The molecule has 0 N–H and O–H groups in total. The van der Waals surface area contributed by atoms with Crippen LogP contribution < -0.4 is 0 Å². The van der Waals surface area contributed by atoms with Crippen LogP contribution in [0, 0.1) is 0 Å². The third-order valence-corrected chi connectivity index (χ3v) is 3.54. The number of rotatable bonds is 6. The van der Waals surface area contributed by atoms with Gasteiger partial charge >= 0.3 is 23.9 Å². The van der Waals surface area contributed by atoms with E-state index in [9.17, 15) is 19.2 Å². The van der Waals surface area contributed by atoms with Crippen LogP contribution in [-0.4, -0.2) is 61.2 Å². The van der Waals surface area contributed by atoms with Gasteiger partial charge in [-0.3, -0.25) is 22.2 Å². The van der Waals surface area contributed by atoms with Crippen molar-refractivity contribution in [2.75, 3.05) is 6.61 Å². The Kier molecular flexibility index (Phi) is 8.52. The molecule has 1 heterocycles. The van der Waals surface area contributed by atoms with Gasteiger partial charge in [-0.05, 0) is 0 Å².